The molecule has 0 spiro atoms. The van der Waals surface area contributed by atoms with Crippen molar-refractivity contribution < 1.29 is 18.9 Å². The van der Waals surface area contributed by atoms with Crippen LogP contribution in [0.15, 0.2) is 84.9 Å². The van der Waals surface area contributed by atoms with Crippen LogP contribution in [0.2, 0.25) is 0 Å². The summed E-state index contributed by atoms with van der Waals surface area (Å²) >= 11 is 0. The third-order valence-electron chi connectivity index (χ3n) is 6.16. The quantitative estimate of drug-likeness (QED) is 0.323. The number of ether oxygens (including phenoxy) is 4. The maximum Gasteiger partial charge on any atom is 0.169 e. The standard InChI is InChI=1S/C30H28O4/c1-31-27-17-11-23-5-3-21-9-15-26(16-10-21)34-30-20-24(12-18-28(30)32-2)6-4-22-7-13-25(14-8-22)33-29(27)19-23/h7-20H,3-6H2,1-2H3. The fourth-order valence-corrected chi connectivity index (χ4v) is 4.19. The van der Waals surface area contributed by atoms with E-state index >= 15 is 0 Å². The zero-order chi connectivity index (χ0) is 23.3. The van der Waals surface area contributed by atoms with Gasteiger partial charge in [0.1, 0.15) is 11.5 Å². The van der Waals surface area contributed by atoms with Crippen LogP contribution in [-0.2, 0) is 25.7 Å². The van der Waals surface area contributed by atoms with Crippen LogP contribution in [-0.4, -0.2) is 14.2 Å². The summed E-state index contributed by atoms with van der Waals surface area (Å²) in [6.07, 6.45) is 3.63. The van der Waals surface area contributed by atoms with Crippen LogP contribution in [0.4, 0.5) is 0 Å². The van der Waals surface area contributed by atoms with Gasteiger partial charge in [-0.25, -0.2) is 0 Å². The van der Waals surface area contributed by atoms with Crippen LogP contribution >= 0.6 is 0 Å². The Morgan fingerprint density at radius 2 is 0.824 bits per heavy atom. The number of methoxy groups -OCH3 is 2. The number of benzene rings is 4. The van der Waals surface area contributed by atoms with Gasteiger partial charge in [-0.1, -0.05) is 36.4 Å². The average molecular weight is 453 g/mol. The Morgan fingerprint density at radius 3 is 1.21 bits per heavy atom. The normalized spacial score (nSPS) is 13.0. The second kappa shape index (κ2) is 9.92. The van der Waals surface area contributed by atoms with Crippen LogP contribution in [0.25, 0.3) is 0 Å². The number of rotatable bonds is 2. The lowest BCUT2D eigenvalue weighted by molar-refractivity contribution is 0.378. The molecule has 8 rings (SSSR count). The molecular weight excluding hydrogens is 424 g/mol. The third-order valence-corrected chi connectivity index (χ3v) is 6.16. The first-order valence-electron chi connectivity index (χ1n) is 11.6. The molecule has 0 aromatic heterocycles. The fraction of sp³-hybridized carbons (Fsp3) is 0.200. The molecule has 0 aliphatic carbocycles. The van der Waals surface area contributed by atoms with Gasteiger partial charge in [-0.3, -0.25) is 0 Å². The molecule has 4 aliphatic rings. The van der Waals surface area contributed by atoms with E-state index in [2.05, 4.69) is 48.5 Å². The van der Waals surface area contributed by atoms with Crippen molar-refractivity contribution in [3.05, 3.63) is 107 Å². The first kappa shape index (κ1) is 21.9. The summed E-state index contributed by atoms with van der Waals surface area (Å²) in [6, 6.07) is 28.8. The molecule has 0 saturated heterocycles. The molecule has 34 heavy (non-hydrogen) atoms. The van der Waals surface area contributed by atoms with Gasteiger partial charge in [-0.05, 0) is 96.5 Å². The molecule has 0 fully saturated rings. The zero-order valence-corrected chi connectivity index (χ0v) is 19.5. The molecule has 4 aromatic carbocycles. The SMILES string of the molecule is COc1ccc2cc1Oc1ccc(cc1)CCc1ccc(OC)c(c1)Oc1ccc(cc1)CC2. The highest BCUT2D eigenvalue weighted by Crippen LogP contribution is 2.35. The lowest BCUT2D eigenvalue weighted by Gasteiger charge is -2.14. The lowest BCUT2D eigenvalue weighted by atomic mass is 10.0. The topological polar surface area (TPSA) is 36.9 Å². The summed E-state index contributed by atoms with van der Waals surface area (Å²) < 4.78 is 23.5. The maximum absolute atomic E-state index is 6.20. The van der Waals surface area contributed by atoms with Gasteiger partial charge in [-0.15, -0.1) is 0 Å². The van der Waals surface area contributed by atoms with Gasteiger partial charge in [-0.2, -0.15) is 0 Å². The summed E-state index contributed by atoms with van der Waals surface area (Å²) in [4.78, 5) is 0. The molecule has 8 bridgehead atoms. The summed E-state index contributed by atoms with van der Waals surface area (Å²) in [5.74, 6) is 4.51. The van der Waals surface area contributed by atoms with E-state index in [4.69, 9.17) is 18.9 Å². The van der Waals surface area contributed by atoms with E-state index in [-0.39, 0.29) is 0 Å². The van der Waals surface area contributed by atoms with Crippen molar-refractivity contribution in [2.75, 3.05) is 14.2 Å². The van der Waals surface area contributed by atoms with Crippen LogP contribution in [0, 0.1) is 0 Å². The minimum absolute atomic E-state index is 0.728. The van der Waals surface area contributed by atoms with E-state index in [1.807, 2.05) is 36.4 Å². The Morgan fingerprint density at radius 1 is 0.471 bits per heavy atom. The average Bonchev–Trinajstić information content (AvgIpc) is 2.88. The molecule has 4 heteroatoms. The van der Waals surface area contributed by atoms with Crippen molar-refractivity contribution in [2.24, 2.45) is 0 Å². The Kier molecular flexibility index (Phi) is 6.39. The third kappa shape index (κ3) is 5.01. The predicted octanol–water partition coefficient (Wildman–Crippen LogP) is 7.17. The van der Waals surface area contributed by atoms with Gasteiger partial charge in [0.15, 0.2) is 23.0 Å². The molecule has 0 amide bonds. The van der Waals surface area contributed by atoms with Gasteiger partial charge < -0.3 is 18.9 Å². The highest BCUT2D eigenvalue weighted by molar-refractivity contribution is 5.47. The van der Waals surface area contributed by atoms with Crippen molar-refractivity contribution in [2.45, 2.75) is 25.7 Å². The van der Waals surface area contributed by atoms with Crippen molar-refractivity contribution >= 4 is 0 Å². The monoisotopic (exact) mass is 452 g/mol. The second-order valence-electron chi connectivity index (χ2n) is 8.46. The Hall–Kier alpha value is -3.92. The van der Waals surface area contributed by atoms with Gasteiger partial charge in [0.25, 0.3) is 0 Å². The van der Waals surface area contributed by atoms with E-state index in [1.54, 1.807) is 14.2 Å². The minimum Gasteiger partial charge on any atom is -0.493 e. The van der Waals surface area contributed by atoms with E-state index < -0.39 is 0 Å². The van der Waals surface area contributed by atoms with Gasteiger partial charge in [0, 0.05) is 0 Å². The first-order chi connectivity index (χ1) is 16.7. The molecular formula is C30H28O4. The van der Waals surface area contributed by atoms with E-state index in [0.29, 0.717) is 0 Å². The van der Waals surface area contributed by atoms with Crippen LogP contribution in [0.3, 0.4) is 0 Å². The van der Waals surface area contributed by atoms with E-state index in [0.717, 1.165) is 60.2 Å². The molecule has 4 aliphatic heterocycles. The lowest BCUT2D eigenvalue weighted by Crippen LogP contribution is -1.97. The van der Waals surface area contributed by atoms with Gasteiger partial charge in [0.2, 0.25) is 0 Å². The highest BCUT2D eigenvalue weighted by Gasteiger charge is 2.11. The van der Waals surface area contributed by atoms with Crippen molar-refractivity contribution in [3.63, 3.8) is 0 Å². The molecule has 172 valence electrons. The van der Waals surface area contributed by atoms with Gasteiger partial charge >= 0.3 is 0 Å². The number of aryl methyl sites for hydroxylation is 4. The molecule has 0 radical (unpaired) electrons. The molecule has 4 nitrogen and oxygen atoms in total. The molecule has 0 atom stereocenters. The van der Waals surface area contributed by atoms with E-state index in [1.165, 1.54) is 22.3 Å². The van der Waals surface area contributed by atoms with Gasteiger partial charge in [0.05, 0.1) is 14.2 Å². The Labute approximate surface area is 200 Å². The largest absolute Gasteiger partial charge is 0.493 e. The van der Waals surface area contributed by atoms with Crippen molar-refractivity contribution in [1.82, 2.24) is 0 Å². The van der Waals surface area contributed by atoms with Crippen LogP contribution < -0.4 is 18.9 Å². The predicted molar refractivity (Wildman–Crippen MR) is 134 cm³/mol. The number of hydrogen-bond acceptors (Lipinski definition) is 4. The van der Waals surface area contributed by atoms with Crippen molar-refractivity contribution in [3.8, 4) is 34.5 Å². The smallest absolute Gasteiger partial charge is 0.169 e. The zero-order valence-electron chi connectivity index (χ0n) is 19.5. The van der Waals surface area contributed by atoms with Crippen LogP contribution in [0.5, 0.6) is 34.5 Å². The summed E-state index contributed by atoms with van der Waals surface area (Å²) in [5.41, 5.74) is 4.89. The molecule has 4 aromatic rings. The first-order valence-corrected chi connectivity index (χ1v) is 11.6. The highest BCUT2D eigenvalue weighted by atomic mass is 16.5. The summed E-state index contributed by atoms with van der Waals surface area (Å²) in [7, 11) is 3.34. The molecule has 0 unspecified atom stereocenters. The van der Waals surface area contributed by atoms with Crippen molar-refractivity contribution in [1.29, 1.82) is 0 Å². The Balaban J connectivity index is 1.49. The maximum atomic E-state index is 6.20. The number of hydrogen-bond donors (Lipinski definition) is 0. The molecule has 4 heterocycles. The second-order valence-corrected chi connectivity index (χ2v) is 8.46. The summed E-state index contributed by atoms with van der Waals surface area (Å²) in [5, 5.41) is 0. The van der Waals surface area contributed by atoms with Crippen LogP contribution in [0.1, 0.15) is 22.3 Å². The fourth-order valence-electron chi connectivity index (χ4n) is 4.19. The Bertz CT molecular complexity index is 1160. The van der Waals surface area contributed by atoms with E-state index in [9.17, 15) is 0 Å². The minimum atomic E-state index is 0.728. The summed E-state index contributed by atoms with van der Waals surface area (Å²) in [6.45, 7) is 0. The molecule has 0 N–H and O–H groups in total. The molecule has 0 saturated carbocycles.